The summed E-state index contributed by atoms with van der Waals surface area (Å²) in [6, 6.07) is -0.609. The summed E-state index contributed by atoms with van der Waals surface area (Å²) >= 11 is 0. The van der Waals surface area contributed by atoms with Crippen molar-refractivity contribution in [3.63, 3.8) is 0 Å². The molecule has 2 N–H and O–H groups in total. The van der Waals surface area contributed by atoms with Gasteiger partial charge in [-0.05, 0) is 33.1 Å². The normalized spacial score (nSPS) is 15.2. The average molecular weight is 245 g/mol. The highest BCUT2D eigenvalue weighted by Gasteiger charge is 2.24. The number of ether oxygens (including phenoxy) is 1. The zero-order valence-electron chi connectivity index (χ0n) is 11.2. The lowest BCUT2D eigenvalue weighted by molar-refractivity contribution is -0.116. The van der Waals surface area contributed by atoms with Crippen molar-refractivity contribution in [1.82, 2.24) is 5.32 Å². The molecule has 0 radical (unpaired) electrons. The van der Waals surface area contributed by atoms with Crippen molar-refractivity contribution in [3.05, 3.63) is 0 Å². The van der Waals surface area contributed by atoms with Crippen LogP contribution in [0.25, 0.3) is 0 Å². The second-order valence-corrected chi connectivity index (χ2v) is 5.51. The molecule has 0 spiro atoms. The molecule has 0 bridgehead atoms. The molecular weight excluding hydrogens is 222 g/mol. The van der Waals surface area contributed by atoms with Crippen molar-refractivity contribution in [1.29, 1.82) is 0 Å². The fourth-order valence-corrected chi connectivity index (χ4v) is 1.35. The van der Waals surface area contributed by atoms with E-state index in [-0.39, 0.29) is 5.92 Å². The van der Waals surface area contributed by atoms with Gasteiger partial charge in [-0.15, -0.1) is 0 Å². The molecule has 100 valence electrons. The van der Waals surface area contributed by atoms with Crippen molar-refractivity contribution in [2.24, 2.45) is 5.92 Å². The molecule has 5 heteroatoms. The van der Waals surface area contributed by atoms with Crippen molar-refractivity contribution < 1.29 is 19.4 Å². The minimum Gasteiger partial charge on any atom is -0.444 e. The molecular formula is C12H23NO4. The summed E-state index contributed by atoms with van der Waals surface area (Å²) in [6.45, 7) is 9.14. The van der Waals surface area contributed by atoms with Gasteiger partial charge in [-0.2, -0.15) is 0 Å². The molecule has 0 fully saturated rings. The van der Waals surface area contributed by atoms with E-state index in [0.717, 1.165) is 0 Å². The molecule has 0 saturated carbocycles. The smallest absolute Gasteiger partial charge is 0.407 e. The third kappa shape index (κ3) is 7.74. The molecule has 0 aliphatic rings. The van der Waals surface area contributed by atoms with Crippen LogP contribution >= 0.6 is 0 Å². The molecule has 0 heterocycles. The molecule has 17 heavy (non-hydrogen) atoms. The monoisotopic (exact) mass is 245 g/mol. The molecule has 1 amide bonds. The largest absolute Gasteiger partial charge is 0.444 e. The van der Waals surface area contributed by atoms with Gasteiger partial charge in [0.15, 0.2) is 6.29 Å². The van der Waals surface area contributed by atoms with Crippen LogP contribution in [0.1, 0.15) is 41.0 Å². The number of hydrogen-bond donors (Lipinski definition) is 2. The summed E-state index contributed by atoms with van der Waals surface area (Å²) in [5.74, 6) is 0.254. The topological polar surface area (TPSA) is 75.6 Å². The van der Waals surface area contributed by atoms with Crippen LogP contribution in [-0.2, 0) is 9.53 Å². The van der Waals surface area contributed by atoms with Gasteiger partial charge in [0.05, 0.1) is 6.04 Å². The van der Waals surface area contributed by atoms with E-state index >= 15 is 0 Å². The van der Waals surface area contributed by atoms with Crippen LogP contribution in [0.2, 0.25) is 0 Å². The number of amides is 1. The number of aldehydes is 1. The van der Waals surface area contributed by atoms with Crippen molar-refractivity contribution in [2.75, 3.05) is 0 Å². The molecule has 2 atom stereocenters. The number of alkyl carbamates (subject to hydrolysis) is 1. The Kier molecular flexibility index (Phi) is 6.16. The number of carbonyl (C=O) groups excluding carboxylic acids is 2. The van der Waals surface area contributed by atoms with Gasteiger partial charge in [-0.25, -0.2) is 4.79 Å². The molecule has 0 saturated heterocycles. The fraction of sp³-hybridized carbons (Fsp3) is 0.833. The van der Waals surface area contributed by atoms with Crippen molar-refractivity contribution >= 4 is 12.4 Å². The Labute approximate surface area is 103 Å². The van der Waals surface area contributed by atoms with E-state index in [1.165, 1.54) is 0 Å². The molecule has 0 aromatic rings. The number of rotatable bonds is 5. The predicted octanol–water partition coefficient (Wildman–Crippen LogP) is 1.49. The molecule has 0 aliphatic heterocycles. The fourth-order valence-electron chi connectivity index (χ4n) is 1.35. The molecule has 1 unspecified atom stereocenters. The maximum atomic E-state index is 11.5. The van der Waals surface area contributed by atoms with Crippen LogP contribution < -0.4 is 5.32 Å². The van der Waals surface area contributed by atoms with E-state index in [1.807, 2.05) is 13.8 Å². The first kappa shape index (κ1) is 15.9. The summed E-state index contributed by atoms with van der Waals surface area (Å²) in [6.07, 6.45) is -0.891. The zero-order chi connectivity index (χ0) is 13.6. The van der Waals surface area contributed by atoms with Crippen LogP contribution in [0.15, 0.2) is 0 Å². The lowest BCUT2D eigenvalue weighted by atomic mass is 10.00. The highest BCUT2D eigenvalue weighted by Crippen LogP contribution is 2.10. The SMILES string of the molecule is CC(C)C[C@@H](NC(=O)OC(C)(C)C)C(O)C=O. The third-order valence-corrected chi connectivity index (χ3v) is 1.98. The van der Waals surface area contributed by atoms with Gasteiger partial charge in [0.1, 0.15) is 11.7 Å². The van der Waals surface area contributed by atoms with Crippen LogP contribution in [0.3, 0.4) is 0 Å². The number of hydrogen-bond acceptors (Lipinski definition) is 4. The maximum Gasteiger partial charge on any atom is 0.407 e. The van der Waals surface area contributed by atoms with Crippen LogP contribution in [0.4, 0.5) is 4.79 Å². The van der Waals surface area contributed by atoms with Gasteiger partial charge in [0.2, 0.25) is 0 Å². The third-order valence-electron chi connectivity index (χ3n) is 1.98. The lowest BCUT2D eigenvalue weighted by Crippen LogP contribution is -2.46. The second kappa shape index (κ2) is 6.59. The number of aliphatic hydroxyl groups excluding tert-OH is 1. The minimum absolute atomic E-state index is 0.254. The van der Waals surface area contributed by atoms with Gasteiger partial charge in [-0.1, -0.05) is 13.8 Å². The average Bonchev–Trinajstić information content (AvgIpc) is 2.11. The van der Waals surface area contributed by atoms with E-state index in [0.29, 0.717) is 12.7 Å². The summed E-state index contributed by atoms with van der Waals surface area (Å²) in [4.78, 5) is 22.1. The van der Waals surface area contributed by atoms with Crippen molar-refractivity contribution in [2.45, 2.75) is 58.8 Å². The van der Waals surface area contributed by atoms with E-state index < -0.39 is 23.8 Å². The van der Waals surface area contributed by atoms with Gasteiger partial charge in [0, 0.05) is 0 Å². The number of aliphatic hydroxyl groups is 1. The zero-order valence-corrected chi connectivity index (χ0v) is 11.2. The van der Waals surface area contributed by atoms with Crippen LogP contribution in [0, 0.1) is 5.92 Å². The standard InChI is InChI=1S/C12H23NO4/c1-8(2)6-9(10(15)7-14)13-11(16)17-12(3,4)5/h7-10,15H,6H2,1-5H3,(H,13,16)/t9-,10?/m1/s1. The maximum absolute atomic E-state index is 11.5. The Morgan fingerprint density at radius 1 is 1.41 bits per heavy atom. The quantitative estimate of drug-likeness (QED) is 0.719. The lowest BCUT2D eigenvalue weighted by Gasteiger charge is -2.25. The summed E-state index contributed by atoms with van der Waals surface area (Å²) in [5.41, 5.74) is -0.599. The Morgan fingerprint density at radius 3 is 2.29 bits per heavy atom. The molecule has 0 aromatic heterocycles. The van der Waals surface area contributed by atoms with Gasteiger partial charge in [-0.3, -0.25) is 0 Å². The first-order valence-corrected chi connectivity index (χ1v) is 5.78. The Bertz CT molecular complexity index is 258. The summed E-state index contributed by atoms with van der Waals surface area (Å²) in [5, 5.41) is 12.0. The summed E-state index contributed by atoms with van der Waals surface area (Å²) in [7, 11) is 0. The molecule has 0 aliphatic carbocycles. The van der Waals surface area contributed by atoms with E-state index in [1.54, 1.807) is 20.8 Å². The van der Waals surface area contributed by atoms with E-state index in [2.05, 4.69) is 5.32 Å². The Morgan fingerprint density at radius 2 is 1.94 bits per heavy atom. The van der Waals surface area contributed by atoms with E-state index in [9.17, 15) is 14.7 Å². The number of nitrogens with one attached hydrogen (secondary N) is 1. The van der Waals surface area contributed by atoms with Crippen molar-refractivity contribution in [3.8, 4) is 0 Å². The van der Waals surface area contributed by atoms with Gasteiger partial charge < -0.3 is 20.0 Å². The van der Waals surface area contributed by atoms with E-state index in [4.69, 9.17) is 4.74 Å². The van der Waals surface area contributed by atoms with Gasteiger partial charge in [0.25, 0.3) is 0 Å². The Hall–Kier alpha value is -1.10. The van der Waals surface area contributed by atoms with Gasteiger partial charge >= 0.3 is 6.09 Å². The number of carbonyl (C=O) groups is 2. The highest BCUT2D eigenvalue weighted by atomic mass is 16.6. The van der Waals surface area contributed by atoms with Crippen LogP contribution in [-0.4, -0.2) is 35.2 Å². The van der Waals surface area contributed by atoms with Crippen LogP contribution in [0.5, 0.6) is 0 Å². The second-order valence-electron chi connectivity index (χ2n) is 5.51. The Balaban J connectivity index is 4.42. The first-order chi connectivity index (χ1) is 7.65. The molecule has 0 aromatic carbocycles. The molecule has 0 rings (SSSR count). The molecule has 5 nitrogen and oxygen atoms in total. The first-order valence-electron chi connectivity index (χ1n) is 5.78. The minimum atomic E-state index is -1.20. The summed E-state index contributed by atoms with van der Waals surface area (Å²) < 4.78 is 5.07. The predicted molar refractivity (Wildman–Crippen MR) is 64.7 cm³/mol. The highest BCUT2D eigenvalue weighted by molar-refractivity contribution is 5.69.